The van der Waals surface area contributed by atoms with E-state index in [0.717, 1.165) is 18.7 Å². The summed E-state index contributed by atoms with van der Waals surface area (Å²) in [6, 6.07) is 4.72. The van der Waals surface area contributed by atoms with Gasteiger partial charge in [-0.15, -0.1) is 0 Å². The van der Waals surface area contributed by atoms with Gasteiger partial charge in [0, 0.05) is 18.8 Å². The number of anilines is 1. The maximum atomic E-state index is 11.4. The Balaban J connectivity index is 2.25. The molecule has 18 heavy (non-hydrogen) atoms. The van der Waals surface area contributed by atoms with E-state index >= 15 is 0 Å². The molecule has 0 bridgehead atoms. The molecule has 0 unspecified atom stereocenters. The van der Waals surface area contributed by atoms with E-state index in [1.165, 1.54) is 6.07 Å². The Bertz CT molecular complexity index is 490. The lowest BCUT2D eigenvalue weighted by Crippen LogP contribution is -2.33. The first kappa shape index (κ1) is 12.7. The highest BCUT2D eigenvalue weighted by Gasteiger charge is 2.17. The molecule has 96 valence electrons. The molecule has 0 radical (unpaired) electrons. The van der Waals surface area contributed by atoms with Crippen molar-refractivity contribution in [3.05, 3.63) is 28.8 Å². The van der Waals surface area contributed by atoms with Crippen molar-refractivity contribution in [1.29, 1.82) is 0 Å². The average Bonchev–Trinajstić information content (AvgIpc) is 2.53. The number of carbonyl (C=O) groups is 2. The smallest absolute Gasteiger partial charge is 0.337 e. The zero-order chi connectivity index (χ0) is 13.1. The lowest BCUT2D eigenvalue weighted by atomic mass is 10.2. The number of hydrogen-bond acceptors (Lipinski definition) is 3. The van der Waals surface area contributed by atoms with Crippen LogP contribution in [0.25, 0.3) is 0 Å². The molecule has 1 aromatic rings. The summed E-state index contributed by atoms with van der Waals surface area (Å²) in [5, 5.41) is 11.9. The molecule has 6 heteroatoms. The molecule has 2 rings (SSSR count). The van der Waals surface area contributed by atoms with Crippen molar-refractivity contribution in [1.82, 2.24) is 5.32 Å². The highest BCUT2D eigenvalue weighted by molar-refractivity contribution is 6.33. The monoisotopic (exact) mass is 268 g/mol. The number of benzene rings is 1. The Morgan fingerprint density at radius 1 is 1.44 bits per heavy atom. The standard InChI is InChI=1S/C12H13ClN2O3/c13-10-6-8(2-3-9(10)12(17)18)15-5-1-4-14-11(16)7-15/h2-3,6H,1,4-5,7H2,(H,14,16)(H,17,18). The van der Waals surface area contributed by atoms with E-state index in [1.807, 2.05) is 4.90 Å². The van der Waals surface area contributed by atoms with Crippen molar-refractivity contribution in [2.45, 2.75) is 6.42 Å². The van der Waals surface area contributed by atoms with Gasteiger partial charge in [-0.05, 0) is 24.6 Å². The number of halogens is 1. The Morgan fingerprint density at radius 3 is 2.89 bits per heavy atom. The molecular formula is C12H13ClN2O3. The highest BCUT2D eigenvalue weighted by atomic mass is 35.5. The average molecular weight is 269 g/mol. The van der Waals surface area contributed by atoms with Crippen LogP contribution in [0.5, 0.6) is 0 Å². The van der Waals surface area contributed by atoms with E-state index < -0.39 is 5.97 Å². The van der Waals surface area contributed by atoms with E-state index in [1.54, 1.807) is 12.1 Å². The summed E-state index contributed by atoms with van der Waals surface area (Å²) in [7, 11) is 0. The minimum absolute atomic E-state index is 0.0362. The number of carboxylic acids is 1. The minimum Gasteiger partial charge on any atom is -0.478 e. The predicted molar refractivity (Wildman–Crippen MR) is 68.3 cm³/mol. The number of nitrogens with one attached hydrogen (secondary N) is 1. The number of carbonyl (C=O) groups excluding carboxylic acids is 1. The van der Waals surface area contributed by atoms with Crippen molar-refractivity contribution in [3.8, 4) is 0 Å². The van der Waals surface area contributed by atoms with Gasteiger partial charge in [0.15, 0.2) is 0 Å². The normalized spacial score (nSPS) is 16.1. The lowest BCUT2D eigenvalue weighted by molar-refractivity contribution is -0.119. The van der Waals surface area contributed by atoms with Gasteiger partial charge in [-0.1, -0.05) is 11.6 Å². The third-order valence-electron chi connectivity index (χ3n) is 2.81. The van der Waals surface area contributed by atoms with Gasteiger partial charge in [0.05, 0.1) is 17.1 Å². The van der Waals surface area contributed by atoms with Crippen molar-refractivity contribution in [3.63, 3.8) is 0 Å². The third-order valence-corrected chi connectivity index (χ3v) is 3.12. The molecule has 0 aromatic heterocycles. The van der Waals surface area contributed by atoms with Crippen molar-refractivity contribution in [2.75, 3.05) is 24.5 Å². The number of amides is 1. The van der Waals surface area contributed by atoms with E-state index in [0.29, 0.717) is 6.54 Å². The first-order valence-electron chi connectivity index (χ1n) is 5.62. The molecule has 1 aliphatic heterocycles. The summed E-state index contributed by atoms with van der Waals surface area (Å²) in [4.78, 5) is 24.2. The summed E-state index contributed by atoms with van der Waals surface area (Å²) >= 11 is 5.91. The molecule has 0 spiro atoms. The molecule has 1 heterocycles. The second-order valence-electron chi connectivity index (χ2n) is 4.09. The Labute approximate surface area is 109 Å². The number of rotatable bonds is 2. The van der Waals surface area contributed by atoms with E-state index in [2.05, 4.69) is 5.32 Å². The minimum atomic E-state index is -1.06. The number of hydrogen-bond donors (Lipinski definition) is 2. The maximum Gasteiger partial charge on any atom is 0.337 e. The Kier molecular flexibility index (Phi) is 3.72. The van der Waals surface area contributed by atoms with Gasteiger partial charge in [-0.3, -0.25) is 4.79 Å². The van der Waals surface area contributed by atoms with Crippen LogP contribution in [0.4, 0.5) is 5.69 Å². The molecule has 1 fully saturated rings. The van der Waals surface area contributed by atoms with Gasteiger partial charge < -0.3 is 15.3 Å². The number of carboxylic acid groups (broad SMARTS) is 1. The van der Waals surface area contributed by atoms with Gasteiger partial charge >= 0.3 is 5.97 Å². The SMILES string of the molecule is O=C1CN(c2ccc(C(=O)O)c(Cl)c2)CCCN1. The first-order chi connectivity index (χ1) is 8.58. The van der Waals surface area contributed by atoms with Gasteiger partial charge in [0.2, 0.25) is 5.91 Å². The quantitative estimate of drug-likeness (QED) is 0.850. The van der Waals surface area contributed by atoms with Crippen molar-refractivity contribution in [2.24, 2.45) is 0 Å². The summed E-state index contributed by atoms with van der Waals surface area (Å²) < 4.78 is 0. The van der Waals surface area contributed by atoms with Crippen LogP contribution in [0.2, 0.25) is 5.02 Å². The summed E-state index contributed by atoms with van der Waals surface area (Å²) in [6.07, 6.45) is 0.851. The molecule has 5 nitrogen and oxygen atoms in total. The van der Waals surface area contributed by atoms with Gasteiger partial charge in [-0.2, -0.15) is 0 Å². The van der Waals surface area contributed by atoms with Crippen molar-refractivity contribution < 1.29 is 14.7 Å². The molecule has 1 amide bonds. The fraction of sp³-hybridized carbons (Fsp3) is 0.333. The lowest BCUT2D eigenvalue weighted by Gasteiger charge is -2.21. The number of nitrogens with zero attached hydrogens (tertiary/aromatic N) is 1. The second kappa shape index (κ2) is 5.27. The molecular weight excluding hydrogens is 256 g/mol. The van der Waals surface area contributed by atoms with Gasteiger partial charge in [-0.25, -0.2) is 4.79 Å². The van der Waals surface area contributed by atoms with E-state index in [-0.39, 0.29) is 23.0 Å². The fourth-order valence-electron chi connectivity index (χ4n) is 1.90. The largest absolute Gasteiger partial charge is 0.478 e. The Hall–Kier alpha value is -1.75. The molecule has 1 saturated heterocycles. The van der Waals surface area contributed by atoms with Crippen LogP contribution in [0.15, 0.2) is 18.2 Å². The maximum absolute atomic E-state index is 11.4. The molecule has 0 aliphatic carbocycles. The molecule has 1 aromatic carbocycles. The first-order valence-corrected chi connectivity index (χ1v) is 6.00. The fourth-order valence-corrected chi connectivity index (χ4v) is 2.16. The topological polar surface area (TPSA) is 69.6 Å². The van der Waals surface area contributed by atoms with Crippen LogP contribution in [-0.2, 0) is 4.79 Å². The summed E-state index contributed by atoms with van der Waals surface area (Å²) in [5.74, 6) is -1.09. The molecule has 0 saturated carbocycles. The highest BCUT2D eigenvalue weighted by Crippen LogP contribution is 2.24. The molecule has 2 N–H and O–H groups in total. The van der Waals surface area contributed by atoms with Crippen LogP contribution in [0.1, 0.15) is 16.8 Å². The van der Waals surface area contributed by atoms with Crippen LogP contribution >= 0.6 is 11.6 Å². The van der Waals surface area contributed by atoms with Crippen LogP contribution in [0, 0.1) is 0 Å². The molecule has 1 aliphatic rings. The number of aromatic carboxylic acids is 1. The Morgan fingerprint density at radius 2 is 2.22 bits per heavy atom. The van der Waals surface area contributed by atoms with Crippen LogP contribution in [0.3, 0.4) is 0 Å². The summed E-state index contributed by atoms with van der Waals surface area (Å²) in [5.41, 5.74) is 0.835. The van der Waals surface area contributed by atoms with Gasteiger partial charge in [0.1, 0.15) is 0 Å². The van der Waals surface area contributed by atoms with Crippen LogP contribution in [-0.4, -0.2) is 36.6 Å². The zero-order valence-electron chi connectivity index (χ0n) is 9.65. The van der Waals surface area contributed by atoms with E-state index in [4.69, 9.17) is 16.7 Å². The second-order valence-corrected chi connectivity index (χ2v) is 4.50. The van der Waals surface area contributed by atoms with Crippen LogP contribution < -0.4 is 10.2 Å². The van der Waals surface area contributed by atoms with E-state index in [9.17, 15) is 9.59 Å². The van der Waals surface area contributed by atoms with Crippen molar-refractivity contribution >= 4 is 29.2 Å². The van der Waals surface area contributed by atoms with Gasteiger partial charge in [0.25, 0.3) is 0 Å². The molecule has 0 atom stereocenters. The predicted octanol–water partition coefficient (Wildman–Crippen LogP) is 1.36. The third kappa shape index (κ3) is 2.73. The zero-order valence-corrected chi connectivity index (χ0v) is 10.4. The summed E-state index contributed by atoms with van der Waals surface area (Å²) in [6.45, 7) is 1.67.